The fourth-order valence-electron chi connectivity index (χ4n) is 3.51. The standard InChI is InChI=1S/C24H26O5/c1-27-22-14-8-6-12-20(22)24(29-17-19(26)16-25,18-10-4-3-5-11-18)21-13-7-9-15-23(21)28-2/h3-15,19,25-26H,16-17H2,1-2H3. The Hall–Kier alpha value is -2.86. The van der Waals surface area contributed by atoms with Crippen molar-refractivity contribution in [1.29, 1.82) is 0 Å². The summed E-state index contributed by atoms with van der Waals surface area (Å²) in [6.45, 7) is -0.482. The third-order valence-corrected chi connectivity index (χ3v) is 4.86. The molecule has 5 heteroatoms. The molecule has 0 bridgehead atoms. The molecule has 3 aromatic rings. The molecule has 0 aliphatic carbocycles. The predicted octanol–water partition coefficient (Wildman–Crippen LogP) is 3.37. The van der Waals surface area contributed by atoms with Crippen molar-refractivity contribution >= 4 is 0 Å². The van der Waals surface area contributed by atoms with Gasteiger partial charge < -0.3 is 24.4 Å². The van der Waals surface area contributed by atoms with Crippen LogP contribution < -0.4 is 9.47 Å². The van der Waals surface area contributed by atoms with Crippen molar-refractivity contribution in [3.8, 4) is 11.5 Å². The molecule has 3 rings (SSSR count). The van der Waals surface area contributed by atoms with Crippen LogP contribution in [0.1, 0.15) is 16.7 Å². The van der Waals surface area contributed by atoms with Gasteiger partial charge in [-0.1, -0.05) is 66.7 Å². The zero-order valence-electron chi connectivity index (χ0n) is 16.6. The summed E-state index contributed by atoms with van der Waals surface area (Å²) < 4.78 is 17.8. The Balaban J connectivity index is 2.36. The topological polar surface area (TPSA) is 68.2 Å². The number of rotatable bonds is 9. The second-order valence-electron chi connectivity index (χ2n) is 6.60. The van der Waals surface area contributed by atoms with E-state index in [4.69, 9.17) is 14.2 Å². The average Bonchev–Trinajstić information content (AvgIpc) is 2.80. The van der Waals surface area contributed by atoms with Gasteiger partial charge in [0.2, 0.25) is 0 Å². The van der Waals surface area contributed by atoms with Crippen molar-refractivity contribution in [1.82, 2.24) is 0 Å². The monoisotopic (exact) mass is 394 g/mol. The third-order valence-electron chi connectivity index (χ3n) is 4.86. The van der Waals surface area contributed by atoms with Crippen LogP contribution in [0.5, 0.6) is 11.5 Å². The molecule has 0 heterocycles. The second kappa shape index (κ2) is 9.56. The molecule has 29 heavy (non-hydrogen) atoms. The summed E-state index contributed by atoms with van der Waals surface area (Å²) in [5.74, 6) is 1.28. The van der Waals surface area contributed by atoms with Crippen LogP contribution >= 0.6 is 0 Å². The van der Waals surface area contributed by atoms with Gasteiger partial charge in [0.1, 0.15) is 17.6 Å². The number of hydrogen-bond acceptors (Lipinski definition) is 5. The molecular weight excluding hydrogens is 368 g/mol. The highest BCUT2D eigenvalue weighted by atomic mass is 16.5. The summed E-state index contributed by atoms with van der Waals surface area (Å²) in [5, 5.41) is 19.4. The van der Waals surface area contributed by atoms with E-state index >= 15 is 0 Å². The molecule has 0 saturated carbocycles. The Morgan fingerprint density at radius 2 is 1.24 bits per heavy atom. The maximum absolute atomic E-state index is 10.1. The van der Waals surface area contributed by atoms with Gasteiger partial charge in [0.25, 0.3) is 0 Å². The van der Waals surface area contributed by atoms with Gasteiger partial charge >= 0.3 is 0 Å². The highest BCUT2D eigenvalue weighted by Gasteiger charge is 2.42. The zero-order chi connectivity index (χ0) is 20.7. The van der Waals surface area contributed by atoms with E-state index in [1.807, 2.05) is 78.9 Å². The summed E-state index contributed by atoms with van der Waals surface area (Å²) in [6, 6.07) is 24.9. The number of aliphatic hydroxyl groups excluding tert-OH is 2. The first-order valence-electron chi connectivity index (χ1n) is 9.42. The van der Waals surface area contributed by atoms with Crippen LogP contribution in [0.15, 0.2) is 78.9 Å². The van der Waals surface area contributed by atoms with E-state index in [1.165, 1.54) is 0 Å². The first-order chi connectivity index (χ1) is 14.2. The highest BCUT2D eigenvalue weighted by molar-refractivity contribution is 5.56. The van der Waals surface area contributed by atoms with Crippen LogP contribution in [0.3, 0.4) is 0 Å². The minimum absolute atomic E-state index is 0.0819. The maximum Gasteiger partial charge on any atom is 0.150 e. The van der Waals surface area contributed by atoms with E-state index in [2.05, 4.69) is 0 Å². The summed E-state index contributed by atoms with van der Waals surface area (Å²) in [4.78, 5) is 0. The molecular formula is C24H26O5. The molecule has 152 valence electrons. The number of benzene rings is 3. The lowest BCUT2D eigenvalue weighted by Crippen LogP contribution is -2.37. The molecule has 1 atom stereocenters. The van der Waals surface area contributed by atoms with Crippen LogP contribution in [0.25, 0.3) is 0 Å². The summed E-state index contributed by atoms with van der Waals surface area (Å²) in [7, 11) is 3.22. The first kappa shape index (κ1) is 20.9. The van der Waals surface area contributed by atoms with Crippen molar-refractivity contribution in [2.24, 2.45) is 0 Å². The Morgan fingerprint density at radius 1 is 0.759 bits per heavy atom. The van der Waals surface area contributed by atoms with Crippen LogP contribution in [0.4, 0.5) is 0 Å². The number of hydrogen-bond donors (Lipinski definition) is 2. The molecule has 0 aliphatic heterocycles. The number of methoxy groups -OCH3 is 2. The first-order valence-corrected chi connectivity index (χ1v) is 9.42. The SMILES string of the molecule is COc1ccccc1C(OCC(O)CO)(c1ccccc1)c1ccccc1OC. The van der Waals surface area contributed by atoms with Gasteiger partial charge in [-0.05, 0) is 17.7 Å². The van der Waals surface area contributed by atoms with E-state index in [-0.39, 0.29) is 6.61 Å². The fraction of sp³-hybridized carbons (Fsp3) is 0.250. The van der Waals surface area contributed by atoms with Gasteiger partial charge in [-0.15, -0.1) is 0 Å². The smallest absolute Gasteiger partial charge is 0.150 e. The second-order valence-corrected chi connectivity index (χ2v) is 6.60. The Labute approximate surface area is 171 Å². The molecule has 0 aliphatic rings. The quantitative estimate of drug-likeness (QED) is 0.545. The lowest BCUT2D eigenvalue weighted by atomic mass is 9.79. The Morgan fingerprint density at radius 3 is 1.72 bits per heavy atom. The molecule has 3 aromatic carbocycles. The summed E-state index contributed by atoms with van der Waals surface area (Å²) in [5.41, 5.74) is 1.25. The molecule has 5 nitrogen and oxygen atoms in total. The van der Waals surface area contributed by atoms with Gasteiger partial charge in [0.05, 0.1) is 27.4 Å². The van der Waals surface area contributed by atoms with Crippen LogP contribution in [0.2, 0.25) is 0 Å². The van der Waals surface area contributed by atoms with E-state index < -0.39 is 18.3 Å². The minimum atomic E-state index is -1.13. The van der Waals surface area contributed by atoms with Gasteiger partial charge in [0.15, 0.2) is 5.60 Å². The maximum atomic E-state index is 10.1. The number of ether oxygens (including phenoxy) is 3. The predicted molar refractivity (Wildman–Crippen MR) is 111 cm³/mol. The van der Waals surface area contributed by atoms with Crippen LogP contribution in [-0.2, 0) is 10.3 Å². The molecule has 0 radical (unpaired) electrons. The average molecular weight is 394 g/mol. The van der Waals surface area contributed by atoms with E-state index in [9.17, 15) is 10.2 Å². The van der Waals surface area contributed by atoms with Crippen LogP contribution in [0, 0.1) is 0 Å². The molecule has 0 aromatic heterocycles. The molecule has 1 unspecified atom stereocenters. The van der Waals surface area contributed by atoms with Gasteiger partial charge in [0, 0.05) is 11.1 Å². The van der Waals surface area contributed by atoms with Crippen LogP contribution in [-0.4, -0.2) is 43.8 Å². The van der Waals surface area contributed by atoms with Crippen molar-refractivity contribution < 1.29 is 24.4 Å². The van der Waals surface area contributed by atoms with E-state index in [1.54, 1.807) is 14.2 Å². The Kier molecular flexibility index (Phi) is 6.88. The number of aliphatic hydroxyl groups is 2. The summed E-state index contributed by atoms with van der Waals surface area (Å²) in [6.07, 6.45) is -1.03. The van der Waals surface area contributed by atoms with Crippen molar-refractivity contribution in [3.63, 3.8) is 0 Å². The number of para-hydroxylation sites is 2. The largest absolute Gasteiger partial charge is 0.496 e. The third kappa shape index (κ3) is 4.12. The van der Waals surface area contributed by atoms with Crippen molar-refractivity contribution in [2.75, 3.05) is 27.4 Å². The molecule has 2 N–H and O–H groups in total. The lowest BCUT2D eigenvalue weighted by molar-refractivity contribution is -0.0538. The molecule has 0 amide bonds. The van der Waals surface area contributed by atoms with E-state index in [0.717, 1.165) is 16.7 Å². The van der Waals surface area contributed by atoms with Gasteiger partial charge in [-0.3, -0.25) is 0 Å². The van der Waals surface area contributed by atoms with Crippen molar-refractivity contribution in [2.45, 2.75) is 11.7 Å². The minimum Gasteiger partial charge on any atom is -0.496 e. The highest BCUT2D eigenvalue weighted by Crippen LogP contribution is 2.47. The zero-order valence-corrected chi connectivity index (χ0v) is 16.6. The summed E-state index contributed by atoms with van der Waals surface area (Å²) >= 11 is 0. The molecule has 0 saturated heterocycles. The molecule has 0 fully saturated rings. The Bertz CT molecular complexity index is 862. The fourth-order valence-corrected chi connectivity index (χ4v) is 3.51. The van der Waals surface area contributed by atoms with E-state index in [0.29, 0.717) is 11.5 Å². The van der Waals surface area contributed by atoms with Crippen molar-refractivity contribution in [3.05, 3.63) is 95.6 Å². The van der Waals surface area contributed by atoms with Gasteiger partial charge in [-0.25, -0.2) is 0 Å². The normalized spacial score (nSPS) is 12.4. The molecule has 0 spiro atoms. The van der Waals surface area contributed by atoms with Gasteiger partial charge in [-0.2, -0.15) is 0 Å². The lowest BCUT2D eigenvalue weighted by Gasteiger charge is -2.37.